The van der Waals surface area contributed by atoms with Crippen molar-refractivity contribution in [2.24, 2.45) is 15.4 Å². The van der Waals surface area contributed by atoms with Crippen molar-refractivity contribution in [1.82, 2.24) is 10.3 Å². The Morgan fingerprint density at radius 2 is 1.26 bits per heavy atom. The van der Waals surface area contributed by atoms with E-state index in [9.17, 15) is 9.90 Å². The van der Waals surface area contributed by atoms with Gasteiger partial charge < -0.3 is 15.4 Å². The zero-order chi connectivity index (χ0) is 31.1. The molecule has 1 aromatic heterocycles. The highest BCUT2D eigenvalue weighted by atomic mass is 16.4. The Kier molecular flexibility index (Phi) is 8.69. The molecule has 43 heavy (non-hydrogen) atoms. The van der Waals surface area contributed by atoms with Crippen molar-refractivity contribution in [3.63, 3.8) is 0 Å². The zero-order valence-corrected chi connectivity index (χ0v) is 27.3. The molecule has 5 rings (SSSR count). The molecule has 4 aliphatic rings. The van der Waals surface area contributed by atoms with Crippen molar-refractivity contribution in [1.29, 1.82) is 0 Å². The molecule has 4 aliphatic heterocycles. The van der Waals surface area contributed by atoms with Crippen LogP contribution in [0.1, 0.15) is 105 Å². The quantitative estimate of drug-likeness (QED) is 0.302. The summed E-state index contributed by atoms with van der Waals surface area (Å²) in [6, 6.07) is -0.417. The Morgan fingerprint density at radius 1 is 0.721 bits per heavy atom. The number of aromatic amines is 1. The summed E-state index contributed by atoms with van der Waals surface area (Å²) in [5.74, 6) is -0.785. The summed E-state index contributed by atoms with van der Waals surface area (Å²) in [6.45, 7) is 17.3. The second kappa shape index (κ2) is 12.1. The molecule has 0 spiro atoms. The number of fused-ring (bicyclic) bond motifs is 6. The van der Waals surface area contributed by atoms with Gasteiger partial charge in [-0.1, -0.05) is 55.4 Å². The van der Waals surface area contributed by atoms with Gasteiger partial charge in [0.05, 0.1) is 28.9 Å². The third-order valence-corrected chi connectivity index (χ3v) is 10.0. The average Bonchev–Trinajstić information content (AvgIpc) is 3.70. The van der Waals surface area contributed by atoms with Crippen LogP contribution in [0.2, 0.25) is 0 Å². The van der Waals surface area contributed by atoms with Crippen LogP contribution in [-0.4, -0.2) is 33.5 Å². The molecule has 2 unspecified atom stereocenters. The standard InChI is InChI=1S/C37H48N4O2/c1-9-21-22(10-2)29-18-31-25(13-5)26(14-6)33(40-31)20-35-37(16-8,36(42)43)27(15-7)34(41-35)19-32-24(12-4)23(11-3)30(39-32)17-28(21)38-29/h17-20,35,39,41H,9-16H2,1-8H3,(H,42,43). The molecular formula is C37H48N4O2. The lowest BCUT2D eigenvalue weighted by molar-refractivity contribution is -0.147. The lowest BCUT2D eigenvalue weighted by Gasteiger charge is -2.31. The second-order valence-electron chi connectivity index (χ2n) is 11.8. The van der Waals surface area contributed by atoms with Gasteiger partial charge in [-0.15, -0.1) is 0 Å². The Hall–Kier alpha value is -3.67. The smallest absolute Gasteiger partial charge is 0.316 e. The number of H-pyrrole nitrogens is 1. The summed E-state index contributed by atoms with van der Waals surface area (Å²) in [5, 5.41) is 16.7. The highest BCUT2D eigenvalue weighted by Crippen LogP contribution is 2.46. The van der Waals surface area contributed by atoms with E-state index < -0.39 is 17.4 Å². The molecule has 6 heteroatoms. The van der Waals surface area contributed by atoms with Crippen LogP contribution in [0.15, 0.2) is 67.1 Å². The SMILES string of the molecule is CCC1=C(CC)C2=NC1=CC1NC(=C(CC)C1(CC)C(=O)O)C=c1[nH]c(c(CC)c1CC)=CC1=NC(=C2)C(CC)=C1CC. The molecule has 0 radical (unpaired) electrons. The Morgan fingerprint density at radius 3 is 1.77 bits per heavy atom. The summed E-state index contributed by atoms with van der Waals surface area (Å²) in [5.41, 5.74) is 12.3. The number of hydrogen-bond donors (Lipinski definition) is 3. The number of rotatable bonds is 9. The maximum atomic E-state index is 13.2. The van der Waals surface area contributed by atoms with Crippen LogP contribution in [0.25, 0.3) is 12.2 Å². The minimum atomic E-state index is -1.05. The van der Waals surface area contributed by atoms with Crippen LogP contribution in [0.4, 0.5) is 0 Å². The lowest BCUT2D eigenvalue weighted by Crippen LogP contribution is -2.44. The van der Waals surface area contributed by atoms with E-state index in [1.54, 1.807) is 0 Å². The van der Waals surface area contributed by atoms with Crippen molar-refractivity contribution >= 4 is 29.5 Å². The summed E-state index contributed by atoms with van der Waals surface area (Å²) in [7, 11) is 0. The van der Waals surface area contributed by atoms with Gasteiger partial charge in [-0.25, -0.2) is 9.98 Å². The number of carboxylic acid groups (broad SMARTS) is 1. The second-order valence-corrected chi connectivity index (χ2v) is 11.8. The maximum absolute atomic E-state index is 13.2. The number of carboxylic acids is 1. The summed E-state index contributed by atoms with van der Waals surface area (Å²) in [4.78, 5) is 27.4. The molecule has 0 aliphatic carbocycles. The van der Waals surface area contributed by atoms with Gasteiger partial charge in [0.25, 0.3) is 0 Å². The topological polar surface area (TPSA) is 89.8 Å². The monoisotopic (exact) mass is 580 g/mol. The van der Waals surface area contributed by atoms with Crippen molar-refractivity contribution in [2.75, 3.05) is 0 Å². The predicted molar refractivity (Wildman–Crippen MR) is 179 cm³/mol. The third kappa shape index (κ3) is 4.74. The van der Waals surface area contributed by atoms with Crippen LogP contribution in [0.3, 0.4) is 0 Å². The minimum absolute atomic E-state index is 0.417. The first-order chi connectivity index (χ1) is 20.8. The molecular weight excluding hydrogens is 532 g/mol. The summed E-state index contributed by atoms with van der Waals surface area (Å²) in [6.07, 6.45) is 15.1. The average molecular weight is 581 g/mol. The Labute approximate surface area is 256 Å². The molecule has 228 valence electrons. The first kappa shape index (κ1) is 30.8. The molecule has 0 fully saturated rings. The zero-order valence-electron chi connectivity index (χ0n) is 27.3. The van der Waals surface area contributed by atoms with Crippen LogP contribution < -0.4 is 16.0 Å². The van der Waals surface area contributed by atoms with Crippen molar-refractivity contribution in [2.45, 2.75) is 113 Å². The molecule has 0 aromatic carbocycles. The van der Waals surface area contributed by atoms with E-state index in [4.69, 9.17) is 9.98 Å². The van der Waals surface area contributed by atoms with Crippen LogP contribution in [0, 0.1) is 5.41 Å². The van der Waals surface area contributed by atoms with E-state index in [1.807, 2.05) is 6.92 Å². The number of aromatic nitrogens is 1. The van der Waals surface area contributed by atoms with Crippen molar-refractivity contribution in [3.05, 3.63) is 78.9 Å². The highest BCUT2D eigenvalue weighted by molar-refractivity contribution is 6.24. The number of aliphatic carboxylic acids is 1. The van der Waals surface area contributed by atoms with Gasteiger partial charge in [0.1, 0.15) is 5.41 Å². The first-order valence-electron chi connectivity index (χ1n) is 16.5. The molecule has 3 N–H and O–H groups in total. The number of allylic oxidation sites excluding steroid dienone is 6. The van der Waals surface area contributed by atoms with Gasteiger partial charge in [-0.3, -0.25) is 4.79 Å². The largest absolute Gasteiger partial charge is 0.481 e. The Bertz CT molecular complexity index is 1700. The molecule has 1 aromatic rings. The Balaban J connectivity index is 1.93. The minimum Gasteiger partial charge on any atom is -0.481 e. The summed E-state index contributed by atoms with van der Waals surface area (Å²) >= 11 is 0. The van der Waals surface area contributed by atoms with Crippen molar-refractivity contribution in [3.8, 4) is 0 Å². The van der Waals surface area contributed by atoms with Gasteiger partial charge in [0.15, 0.2) is 0 Å². The van der Waals surface area contributed by atoms with Crippen LogP contribution >= 0.6 is 0 Å². The summed E-state index contributed by atoms with van der Waals surface area (Å²) < 4.78 is 0. The van der Waals surface area contributed by atoms with Gasteiger partial charge in [-0.05, 0) is 115 Å². The molecule has 0 saturated carbocycles. The lowest BCUT2D eigenvalue weighted by atomic mass is 9.72. The fraction of sp³-hybridized carbons (Fsp3) is 0.486. The van der Waals surface area contributed by atoms with Crippen molar-refractivity contribution < 1.29 is 9.90 Å². The molecule has 0 saturated heterocycles. The fourth-order valence-corrected chi connectivity index (χ4v) is 7.94. The number of carbonyl (C=O) groups is 1. The number of aliphatic imine (C=N–C) groups is 2. The third-order valence-electron chi connectivity index (χ3n) is 10.0. The van der Waals surface area contributed by atoms with E-state index in [0.717, 1.165) is 83.3 Å². The van der Waals surface area contributed by atoms with Crippen LogP contribution in [0.5, 0.6) is 0 Å². The van der Waals surface area contributed by atoms with E-state index in [0.29, 0.717) is 12.8 Å². The van der Waals surface area contributed by atoms with E-state index >= 15 is 0 Å². The van der Waals surface area contributed by atoms with Gasteiger partial charge in [0.2, 0.25) is 0 Å². The number of hydrogen-bond acceptors (Lipinski definition) is 4. The number of nitrogens with one attached hydrogen (secondary N) is 2. The normalized spacial score (nSPS) is 23.1. The molecule has 5 heterocycles. The van der Waals surface area contributed by atoms with E-state index in [1.165, 1.54) is 33.4 Å². The molecule has 8 bridgehead atoms. The van der Waals surface area contributed by atoms with E-state index in [-0.39, 0.29) is 0 Å². The highest BCUT2D eigenvalue weighted by Gasteiger charge is 2.51. The van der Waals surface area contributed by atoms with E-state index in [2.05, 4.69) is 83.1 Å². The van der Waals surface area contributed by atoms with Crippen LogP contribution in [-0.2, 0) is 17.6 Å². The van der Waals surface area contributed by atoms with Gasteiger partial charge in [-0.2, -0.15) is 0 Å². The molecule has 2 atom stereocenters. The number of nitrogens with zero attached hydrogens (tertiary/aromatic N) is 2. The molecule has 6 nitrogen and oxygen atoms in total. The first-order valence-corrected chi connectivity index (χ1v) is 16.5. The van der Waals surface area contributed by atoms with Gasteiger partial charge >= 0.3 is 5.97 Å². The molecule has 0 amide bonds. The fourth-order valence-electron chi connectivity index (χ4n) is 7.94. The van der Waals surface area contributed by atoms with Gasteiger partial charge in [0, 0.05) is 16.4 Å². The predicted octanol–water partition coefficient (Wildman–Crippen LogP) is 6.74. The maximum Gasteiger partial charge on any atom is 0.316 e.